The summed E-state index contributed by atoms with van der Waals surface area (Å²) in [6.45, 7) is 20.1. The molecule has 0 aliphatic rings. The number of alkyl carbamates (subject to hydrolysis) is 2. The fourth-order valence-electron chi connectivity index (χ4n) is 5.18. The summed E-state index contributed by atoms with van der Waals surface area (Å²) in [4.78, 5) is 57.0. The van der Waals surface area contributed by atoms with E-state index in [1.54, 1.807) is 106 Å². The number of sulfonamides is 1. The van der Waals surface area contributed by atoms with Crippen molar-refractivity contribution in [1.29, 1.82) is 0 Å². The van der Waals surface area contributed by atoms with E-state index in [1.165, 1.54) is 11.3 Å². The molecule has 1 atom stereocenters. The summed E-state index contributed by atoms with van der Waals surface area (Å²) < 4.78 is 45.7. The number of carbonyl (C=O) groups is 4. The molecule has 300 valence electrons. The smallest absolute Gasteiger partial charge is 0.414 e. The first-order valence-electron chi connectivity index (χ1n) is 17.6. The van der Waals surface area contributed by atoms with Crippen molar-refractivity contribution in [2.45, 2.75) is 117 Å². The molecule has 3 rings (SSSR count). The molecule has 0 aliphatic carbocycles. The minimum atomic E-state index is -4.19. The zero-order valence-corrected chi connectivity index (χ0v) is 35.2. The Labute approximate surface area is 327 Å². The molecule has 0 fully saturated rings. The van der Waals surface area contributed by atoms with Crippen molar-refractivity contribution >= 4 is 51.4 Å². The number of thiophene rings is 1. The molecule has 0 radical (unpaired) electrons. The molecular formula is C39H53N5O9S2. The molecule has 4 N–H and O–H groups in total. The van der Waals surface area contributed by atoms with Crippen LogP contribution in [0.5, 0.6) is 0 Å². The van der Waals surface area contributed by atoms with Gasteiger partial charge >= 0.3 is 18.2 Å². The second-order valence-corrected chi connectivity index (χ2v) is 18.7. The third-order valence-corrected chi connectivity index (χ3v) is 9.94. The van der Waals surface area contributed by atoms with Crippen molar-refractivity contribution in [2.24, 2.45) is 4.99 Å². The van der Waals surface area contributed by atoms with Crippen molar-refractivity contribution in [1.82, 2.24) is 20.7 Å². The van der Waals surface area contributed by atoms with Crippen LogP contribution >= 0.6 is 11.3 Å². The largest absolute Gasteiger partial charge is 0.459 e. The summed E-state index contributed by atoms with van der Waals surface area (Å²) in [7, 11) is -4.19. The zero-order valence-electron chi connectivity index (χ0n) is 33.5. The van der Waals surface area contributed by atoms with E-state index in [1.807, 2.05) is 25.1 Å². The maximum atomic E-state index is 13.6. The lowest BCUT2D eigenvalue weighted by Gasteiger charge is -2.25. The third-order valence-electron chi connectivity index (χ3n) is 7.03. The molecule has 16 heteroatoms. The molecule has 0 aliphatic heterocycles. The SMILES string of the molecule is Cc1cc(C)c(S(=O)(=O)N[C@@H](CNC(=O)c2ccc(-c3cccc(CN=C(NC(=O)OC(C)(C)C)NC(=O)OC(C)(C)C)c3)s2)C(=O)OC(C)(C)C)c(C)c1. The van der Waals surface area contributed by atoms with Gasteiger partial charge in [0.15, 0.2) is 0 Å². The molecule has 0 saturated heterocycles. The summed E-state index contributed by atoms with van der Waals surface area (Å²) in [6.07, 6.45) is -1.63. The molecule has 55 heavy (non-hydrogen) atoms. The monoisotopic (exact) mass is 799 g/mol. The van der Waals surface area contributed by atoms with Crippen LogP contribution in [0.25, 0.3) is 10.4 Å². The van der Waals surface area contributed by atoms with E-state index < -0.39 is 56.9 Å². The number of nitrogens with zero attached hydrogens (tertiary/aromatic N) is 1. The third kappa shape index (κ3) is 14.8. The van der Waals surface area contributed by atoms with Gasteiger partial charge in [-0.05, 0) is 124 Å². The Bertz CT molecular complexity index is 1980. The van der Waals surface area contributed by atoms with E-state index in [0.717, 1.165) is 21.6 Å². The molecule has 14 nitrogen and oxygen atoms in total. The fraction of sp³-hybridized carbons (Fsp3) is 0.462. The van der Waals surface area contributed by atoms with Gasteiger partial charge in [-0.3, -0.25) is 20.2 Å². The number of rotatable bonds is 10. The van der Waals surface area contributed by atoms with Crippen LogP contribution in [0.2, 0.25) is 0 Å². The normalized spacial score (nSPS) is 12.6. The van der Waals surface area contributed by atoms with Crippen molar-refractivity contribution in [3.63, 3.8) is 0 Å². The fourth-order valence-corrected chi connectivity index (χ4v) is 7.74. The van der Waals surface area contributed by atoms with E-state index in [0.29, 0.717) is 16.0 Å². The van der Waals surface area contributed by atoms with Crippen molar-refractivity contribution in [3.05, 3.63) is 75.7 Å². The van der Waals surface area contributed by atoms with Gasteiger partial charge in [0.1, 0.15) is 22.8 Å². The number of aliphatic imine (C=N–C) groups is 1. The second kappa shape index (κ2) is 17.8. The molecule has 3 aromatic rings. The molecule has 2 aromatic carbocycles. The quantitative estimate of drug-likeness (QED) is 0.0752. The summed E-state index contributed by atoms with van der Waals surface area (Å²) in [6, 6.07) is 12.8. The van der Waals surface area contributed by atoms with Crippen LogP contribution in [-0.4, -0.2) is 67.8 Å². The zero-order chi connectivity index (χ0) is 41.5. The molecule has 0 unspecified atom stereocenters. The van der Waals surface area contributed by atoms with Gasteiger partial charge in [-0.15, -0.1) is 11.3 Å². The van der Waals surface area contributed by atoms with Gasteiger partial charge in [-0.1, -0.05) is 35.9 Å². The van der Waals surface area contributed by atoms with E-state index in [9.17, 15) is 27.6 Å². The number of amides is 3. The Hall–Kier alpha value is -4.80. The van der Waals surface area contributed by atoms with Crippen molar-refractivity contribution in [3.8, 4) is 10.4 Å². The second-order valence-electron chi connectivity index (χ2n) is 15.9. The molecule has 0 bridgehead atoms. The lowest BCUT2D eigenvalue weighted by atomic mass is 10.1. The average Bonchev–Trinajstić information content (AvgIpc) is 3.49. The van der Waals surface area contributed by atoms with Gasteiger partial charge in [0.2, 0.25) is 16.0 Å². The van der Waals surface area contributed by atoms with Crippen LogP contribution in [0, 0.1) is 20.8 Å². The number of nitrogens with one attached hydrogen (secondary N) is 4. The van der Waals surface area contributed by atoms with E-state index >= 15 is 0 Å². The predicted molar refractivity (Wildman–Crippen MR) is 213 cm³/mol. The van der Waals surface area contributed by atoms with Gasteiger partial charge < -0.3 is 19.5 Å². The van der Waals surface area contributed by atoms with Crippen LogP contribution in [0.15, 0.2) is 58.4 Å². The summed E-state index contributed by atoms with van der Waals surface area (Å²) in [5.41, 5.74) is 0.943. The number of hydrogen-bond acceptors (Lipinski definition) is 11. The number of esters is 1. The van der Waals surface area contributed by atoms with Gasteiger partial charge in [-0.2, -0.15) is 4.72 Å². The standard InChI is InChI=1S/C39H53N5O9S2/c1-23-18-24(2)31(25(3)19-23)55(49,50)44-28(33(46)51-37(4,5)6)22-40-32(45)30-17-16-29(54-30)27-15-13-14-26(20-27)21-41-34(42-35(47)52-38(7,8)9)43-36(48)53-39(10,11)12/h13-20,28,44H,21-22H2,1-12H3,(H,40,45)(H2,41,42,43,47,48)/t28-/m0/s1. The lowest BCUT2D eigenvalue weighted by Crippen LogP contribution is -2.50. The number of carbonyl (C=O) groups excluding carboxylic acids is 4. The maximum Gasteiger partial charge on any atom is 0.414 e. The molecule has 0 saturated carbocycles. The highest BCUT2D eigenvalue weighted by Gasteiger charge is 2.32. The van der Waals surface area contributed by atoms with Crippen molar-refractivity contribution in [2.75, 3.05) is 6.54 Å². The lowest BCUT2D eigenvalue weighted by molar-refractivity contribution is -0.156. The van der Waals surface area contributed by atoms with E-state index in [4.69, 9.17) is 14.2 Å². The Morgan fingerprint density at radius 2 is 1.31 bits per heavy atom. The van der Waals surface area contributed by atoms with Crippen LogP contribution < -0.4 is 20.7 Å². The maximum absolute atomic E-state index is 13.6. The molecule has 1 aromatic heterocycles. The highest BCUT2D eigenvalue weighted by Crippen LogP contribution is 2.29. The molecule has 0 spiro atoms. The van der Waals surface area contributed by atoms with Gasteiger partial charge in [-0.25, -0.2) is 23.0 Å². The summed E-state index contributed by atoms with van der Waals surface area (Å²) >= 11 is 1.19. The van der Waals surface area contributed by atoms with E-state index in [2.05, 4.69) is 25.7 Å². The van der Waals surface area contributed by atoms with Gasteiger partial charge in [0, 0.05) is 11.4 Å². The molecule has 3 amide bonds. The van der Waals surface area contributed by atoms with Crippen LogP contribution in [0.3, 0.4) is 0 Å². The predicted octanol–water partition coefficient (Wildman–Crippen LogP) is 6.66. The van der Waals surface area contributed by atoms with Crippen LogP contribution in [0.4, 0.5) is 9.59 Å². The van der Waals surface area contributed by atoms with Gasteiger partial charge in [0.25, 0.3) is 5.91 Å². The van der Waals surface area contributed by atoms with Crippen molar-refractivity contribution < 1.29 is 41.8 Å². The average molecular weight is 800 g/mol. The number of hydrogen-bond donors (Lipinski definition) is 4. The minimum Gasteiger partial charge on any atom is -0.459 e. The highest BCUT2D eigenvalue weighted by atomic mass is 32.2. The highest BCUT2D eigenvalue weighted by molar-refractivity contribution is 7.89. The Balaban J connectivity index is 1.79. The first kappa shape index (κ1) is 44.6. The first-order valence-corrected chi connectivity index (χ1v) is 19.9. The first-order chi connectivity index (χ1) is 25.2. The Morgan fingerprint density at radius 1 is 0.764 bits per heavy atom. The summed E-state index contributed by atoms with van der Waals surface area (Å²) in [5.74, 6) is -1.52. The van der Waals surface area contributed by atoms with E-state index in [-0.39, 0.29) is 23.9 Å². The molecule has 1 heterocycles. The van der Waals surface area contributed by atoms with Gasteiger partial charge in [0.05, 0.1) is 16.3 Å². The van der Waals surface area contributed by atoms with Crippen LogP contribution in [-0.2, 0) is 35.6 Å². The molecular weight excluding hydrogens is 747 g/mol. The number of benzene rings is 2. The minimum absolute atomic E-state index is 0.0527. The number of aryl methyl sites for hydroxylation is 3. The summed E-state index contributed by atoms with van der Waals surface area (Å²) in [5, 5.41) is 7.59. The van der Waals surface area contributed by atoms with Crippen LogP contribution in [0.1, 0.15) is 94.2 Å². The Morgan fingerprint density at radius 3 is 1.84 bits per heavy atom. The number of ether oxygens (including phenoxy) is 3. The Kier molecular flexibility index (Phi) is 14.4. The number of guanidine groups is 1. The topological polar surface area (TPSA) is 191 Å².